The molecule has 1 aliphatic rings. The number of rotatable bonds is 3. The van der Waals surface area contributed by atoms with E-state index in [0.717, 1.165) is 13.1 Å². The number of β-amino-alcohol motifs (C(OH)–C–C–N with tert-alkyl or cyclic N) is 1. The Balaban J connectivity index is 2.42. The Kier molecular flexibility index (Phi) is 3.71. The Morgan fingerprint density at radius 3 is 2.23 bits per heavy atom. The van der Waals surface area contributed by atoms with Crippen LogP contribution in [-0.4, -0.2) is 47.3 Å². The van der Waals surface area contributed by atoms with Crippen molar-refractivity contribution >= 4 is 0 Å². The van der Waals surface area contributed by atoms with Gasteiger partial charge in [0.1, 0.15) is 0 Å². The number of hydrogen-bond donors (Lipinski definition) is 2. The highest BCUT2D eigenvalue weighted by Crippen LogP contribution is 2.13. The van der Waals surface area contributed by atoms with Gasteiger partial charge in [-0.2, -0.15) is 0 Å². The van der Waals surface area contributed by atoms with Gasteiger partial charge in [-0.05, 0) is 13.8 Å². The molecule has 3 heteroatoms. The maximum atomic E-state index is 9.75. The molecule has 2 atom stereocenters. The van der Waals surface area contributed by atoms with Crippen molar-refractivity contribution in [1.29, 1.82) is 0 Å². The molecular weight excluding hydrogens is 164 g/mol. The van der Waals surface area contributed by atoms with Crippen molar-refractivity contribution in [2.45, 2.75) is 51.9 Å². The van der Waals surface area contributed by atoms with Crippen LogP contribution in [0.1, 0.15) is 27.7 Å². The Hall–Kier alpha value is -0.120. The van der Waals surface area contributed by atoms with Gasteiger partial charge in [0.05, 0.1) is 6.10 Å². The standard InChI is InChI=1S/C10H22N2O/c1-7(2)11-9-5-12(8(3)4)6-10(9)13/h7-11,13H,5-6H2,1-4H3. The summed E-state index contributed by atoms with van der Waals surface area (Å²) in [6.07, 6.45) is -0.204. The summed E-state index contributed by atoms with van der Waals surface area (Å²) in [5.41, 5.74) is 0. The van der Waals surface area contributed by atoms with Gasteiger partial charge >= 0.3 is 0 Å². The zero-order valence-electron chi connectivity index (χ0n) is 9.12. The molecule has 0 amide bonds. The maximum Gasteiger partial charge on any atom is 0.0832 e. The molecule has 2 N–H and O–H groups in total. The van der Waals surface area contributed by atoms with Gasteiger partial charge in [-0.3, -0.25) is 4.90 Å². The van der Waals surface area contributed by atoms with E-state index in [1.165, 1.54) is 0 Å². The van der Waals surface area contributed by atoms with Crippen molar-refractivity contribution in [1.82, 2.24) is 10.2 Å². The predicted octanol–water partition coefficient (Wildman–Crippen LogP) is 0.438. The van der Waals surface area contributed by atoms with Crippen molar-refractivity contribution in [2.24, 2.45) is 0 Å². The van der Waals surface area contributed by atoms with Crippen LogP contribution in [0.15, 0.2) is 0 Å². The van der Waals surface area contributed by atoms with E-state index in [9.17, 15) is 5.11 Å². The average Bonchev–Trinajstić information content (AvgIpc) is 2.31. The summed E-state index contributed by atoms with van der Waals surface area (Å²) < 4.78 is 0. The van der Waals surface area contributed by atoms with E-state index < -0.39 is 0 Å². The van der Waals surface area contributed by atoms with Crippen LogP contribution in [0.2, 0.25) is 0 Å². The number of aliphatic hydroxyl groups is 1. The lowest BCUT2D eigenvalue weighted by Crippen LogP contribution is -2.43. The second kappa shape index (κ2) is 4.40. The molecule has 0 spiro atoms. The second-order valence-corrected chi connectivity index (χ2v) is 4.54. The molecule has 78 valence electrons. The lowest BCUT2D eigenvalue weighted by molar-refractivity contribution is 0.146. The fourth-order valence-electron chi connectivity index (χ4n) is 1.83. The van der Waals surface area contributed by atoms with Crippen molar-refractivity contribution in [3.63, 3.8) is 0 Å². The Morgan fingerprint density at radius 2 is 1.85 bits per heavy atom. The Bertz CT molecular complexity index is 159. The van der Waals surface area contributed by atoms with Gasteiger partial charge in [-0.1, -0.05) is 13.8 Å². The first-order valence-electron chi connectivity index (χ1n) is 5.19. The third-order valence-electron chi connectivity index (χ3n) is 2.59. The molecule has 1 rings (SSSR count). The molecule has 0 bridgehead atoms. The largest absolute Gasteiger partial charge is 0.390 e. The highest BCUT2D eigenvalue weighted by Gasteiger charge is 2.32. The first-order chi connectivity index (χ1) is 6.00. The lowest BCUT2D eigenvalue weighted by Gasteiger charge is -2.21. The molecule has 1 fully saturated rings. The summed E-state index contributed by atoms with van der Waals surface area (Å²) in [7, 11) is 0. The van der Waals surface area contributed by atoms with Gasteiger partial charge in [0, 0.05) is 31.2 Å². The van der Waals surface area contributed by atoms with E-state index in [1.54, 1.807) is 0 Å². The van der Waals surface area contributed by atoms with Crippen LogP contribution in [0.25, 0.3) is 0 Å². The zero-order chi connectivity index (χ0) is 10.0. The first-order valence-corrected chi connectivity index (χ1v) is 5.19. The summed E-state index contributed by atoms with van der Waals surface area (Å²) in [5, 5.41) is 13.1. The first kappa shape index (κ1) is 11.0. The predicted molar refractivity (Wildman–Crippen MR) is 54.8 cm³/mol. The van der Waals surface area contributed by atoms with E-state index in [4.69, 9.17) is 0 Å². The Labute approximate surface area is 81.1 Å². The quantitative estimate of drug-likeness (QED) is 0.671. The molecular formula is C10H22N2O. The lowest BCUT2D eigenvalue weighted by atomic mass is 10.2. The summed E-state index contributed by atoms with van der Waals surface area (Å²) in [5.74, 6) is 0. The van der Waals surface area contributed by atoms with Gasteiger partial charge in [-0.15, -0.1) is 0 Å². The minimum Gasteiger partial charge on any atom is -0.390 e. The van der Waals surface area contributed by atoms with E-state index >= 15 is 0 Å². The summed E-state index contributed by atoms with van der Waals surface area (Å²) >= 11 is 0. The third kappa shape index (κ3) is 2.93. The molecule has 13 heavy (non-hydrogen) atoms. The van der Waals surface area contributed by atoms with Crippen LogP contribution in [-0.2, 0) is 0 Å². The SMILES string of the molecule is CC(C)NC1CN(C(C)C)CC1O. The summed E-state index contributed by atoms with van der Waals surface area (Å²) in [4.78, 5) is 2.31. The monoisotopic (exact) mass is 186 g/mol. The van der Waals surface area contributed by atoms with Gasteiger partial charge in [0.2, 0.25) is 0 Å². The molecule has 1 saturated heterocycles. The highest BCUT2D eigenvalue weighted by molar-refractivity contribution is 4.90. The fourth-order valence-corrected chi connectivity index (χ4v) is 1.83. The molecule has 1 aliphatic heterocycles. The van der Waals surface area contributed by atoms with E-state index in [-0.39, 0.29) is 12.1 Å². The van der Waals surface area contributed by atoms with E-state index in [2.05, 4.69) is 37.9 Å². The molecule has 2 unspecified atom stereocenters. The second-order valence-electron chi connectivity index (χ2n) is 4.54. The smallest absolute Gasteiger partial charge is 0.0832 e. The highest BCUT2D eigenvalue weighted by atomic mass is 16.3. The van der Waals surface area contributed by atoms with Crippen LogP contribution >= 0.6 is 0 Å². The van der Waals surface area contributed by atoms with Crippen molar-refractivity contribution < 1.29 is 5.11 Å². The molecule has 0 aromatic heterocycles. The van der Waals surface area contributed by atoms with Gasteiger partial charge in [-0.25, -0.2) is 0 Å². The van der Waals surface area contributed by atoms with Crippen LogP contribution in [0.3, 0.4) is 0 Å². The number of nitrogens with zero attached hydrogens (tertiary/aromatic N) is 1. The number of hydrogen-bond acceptors (Lipinski definition) is 3. The van der Waals surface area contributed by atoms with Crippen molar-refractivity contribution in [2.75, 3.05) is 13.1 Å². The minimum atomic E-state index is -0.204. The van der Waals surface area contributed by atoms with E-state index in [0.29, 0.717) is 12.1 Å². The Morgan fingerprint density at radius 1 is 1.23 bits per heavy atom. The molecule has 0 aliphatic carbocycles. The van der Waals surface area contributed by atoms with Crippen LogP contribution in [0, 0.1) is 0 Å². The molecule has 3 nitrogen and oxygen atoms in total. The number of nitrogens with one attached hydrogen (secondary N) is 1. The van der Waals surface area contributed by atoms with Crippen LogP contribution in [0.5, 0.6) is 0 Å². The topological polar surface area (TPSA) is 35.5 Å². The molecule has 0 saturated carbocycles. The molecule has 0 aromatic carbocycles. The fraction of sp³-hybridized carbons (Fsp3) is 1.00. The van der Waals surface area contributed by atoms with Gasteiger partial charge < -0.3 is 10.4 Å². The van der Waals surface area contributed by atoms with E-state index in [1.807, 2.05) is 0 Å². The van der Waals surface area contributed by atoms with Crippen molar-refractivity contribution in [3.05, 3.63) is 0 Å². The molecule has 0 aromatic rings. The number of likely N-dealkylation sites (tertiary alicyclic amines) is 1. The summed E-state index contributed by atoms with van der Waals surface area (Å²) in [6.45, 7) is 10.4. The minimum absolute atomic E-state index is 0.204. The van der Waals surface area contributed by atoms with Gasteiger partial charge in [0.25, 0.3) is 0 Å². The molecule has 1 heterocycles. The van der Waals surface area contributed by atoms with Crippen LogP contribution < -0.4 is 5.32 Å². The summed E-state index contributed by atoms with van der Waals surface area (Å²) in [6, 6.07) is 1.24. The number of aliphatic hydroxyl groups excluding tert-OH is 1. The molecule has 0 radical (unpaired) electrons. The normalized spacial score (nSPS) is 30.7. The average molecular weight is 186 g/mol. The van der Waals surface area contributed by atoms with Gasteiger partial charge in [0.15, 0.2) is 0 Å². The maximum absolute atomic E-state index is 9.75. The van der Waals surface area contributed by atoms with Crippen LogP contribution in [0.4, 0.5) is 0 Å². The zero-order valence-corrected chi connectivity index (χ0v) is 9.12. The van der Waals surface area contributed by atoms with Crippen molar-refractivity contribution in [3.8, 4) is 0 Å². The third-order valence-corrected chi connectivity index (χ3v) is 2.59.